The molecule has 2 aromatic carbocycles. The third-order valence-electron chi connectivity index (χ3n) is 4.55. The number of para-hydroxylation sites is 2. The zero-order valence-electron chi connectivity index (χ0n) is 14.5. The lowest BCUT2D eigenvalue weighted by molar-refractivity contribution is -0.384. The van der Waals surface area contributed by atoms with Crippen LogP contribution in [0.3, 0.4) is 0 Å². The molecule has 2 aromatic rings. The SMILES string of the molecule is O=C(Cc1ccc([N+](=O)[O-])cc1)N1CCN(c2ccccc2[N+](=O)[O-])CC1. The van der Waals surface area contributed by atoms with Gasteiger partial charge >= 0.3 is 0 Å². The highest BCUT2D eigenvalue weighted by molar-refractivity contribution is 5.79. The van der Waals surface area contributed by atoms with E-state index in [1.165, 1.54) is 18.2 Å². The summed E-state index contributed by atoms with van der Waals surface area (Å²) in [4.78, 5) is 37.1. The minimum absolute atomic E-state index is 0.00994. The molecule has 1 saturated heterocycles. The van der Waals surface area contributed by atoms with E-state index >= 15 is 0 Å². The second kappa shape index (κ2) is 7.81. The van der Waals surface area contributed by atoms with Crippen LogP contribution in [0.15, 0.2) is 48.5 Å². The van der Waals surface area contributed by atoms with Crippen LogP contribution in [0, 0.1) is 20.2 Å². The average Bonchev–Trinajstić information content (AvgIpc) is 2.68. The highest BCUT2D eigenvalue weighted by Gasteiger charge is 2.25. The number of rotatable bonds is 5. The third-order valence-corrected chi connectivity index (χ3v) is 4.55. The molecule has 27 heavy (non-hydrogen) atoms. The van der Waals surface area contributed by atoms with Crippen LogP contribution in [0.25, 0.3) is 0 Å². The third kappa shape index (κ3) is 4.20. The smallest absolute Gasteiger partial charge is 0.292 e. The molecule has 0 aliphatic carbocycles. The zero-order valence-corrected chi connectivity index (χ0v) is 14.5. The number of carbonyl (C=O) groups is 1. The van der Waals surface area contributed by atoms with Gasteiger partial charge in [-0.1, -0.05) is 24.3 Å². The normalized spacial score (nSPS) is 14.1. The second-order valence-corrected chi connectivity index (χ2v) is 6.21. The van der Waals surface area contributed by atoms with Crippen LogP contribution < -0.4 is 4.90 Å². The maximum Gasteiger partial charge on any atom is 0.292 e. The maximum absolute atomic E-state index is 12.5. The van der Waals surface area contributed by atoms with E-state index in [-0.39, 0.29) is 23.7 Å². The fourth-order valence-corrected chi connectivity index (χ4v) is 3.10. The number of benzene rings is 2. The molecule has 3 rings (SSSR count). The lowest BCUT2D eigenvalue weighted by Gasteiger charge is -2.35. The van der Waals surface area contributed by atoms with Crippen molar-refractivity contribution in [2.75, 3.05) is 31.1 Å². The molecular formula is C18H18N4O5. The van der Waals surface area contributed by atoms with Gasteiger partial charge in [0.15, 0.2) is 0 Å². The van der Waals surface area contributed by atoms with Crippen molar-refractivity contribution in [3.63, 3.8) is 0 Å². The predicted octanol–water partition coefficient (Wildman–Crippen LogP) is 2.39. The lowest BCUT2D eigenvalue weighted by Crippen LogP contribution is -2.49. The fourth-order valence-electron chi connectivity index (χ4n) is 3.10. The number of non-ortho nitro benzene ring substituents is 1. The monoisotopic (exact) mass is 370 g/mol. The summed E-state index contributed by atoms with van der Waals surface area (Å²) in [6.07, 6.45) is 0.170. The van der Waals surface area contributed by atoms with E-state index in [1.807, 2.05) is 4.90 Å². The molecule has 1 aliphatic heterocycles. The molecule has 1 amide bonds. The summed E-state index contributed by atoms with van der Waals surface area (Å²) < 4.78 is 0. The summed E-state index contributed by atoms with van der Waals surface area (Å²) >= 11 is 0. The number of hydrogen-bond acceptors (Lipinski definition) is 6. The number of carbonyl (C=O) groups excluding carboxylic acids is 1. The minimum Gasteiger partial charge on any atom is -0.362 e. The van der Waals surface area contributed by atoms with Crippen LogP contribution in [0.2, 0.25) is 0 Å². The number of nitro benzene ring substituents is 2. The van der Waals surface area contributed by atoms with Crippen molar-refractivity contribution in [1.29, 1.82) is 0 Å². The second-order valence-electron chi connectivity index (χ2n) is 6.21. The Bertz CT molecular complexity index is 860. The molecule has 0 N–H and O–H groups in total. The molecule has 140 valence electrons. The van der Waals surface area contributed by atoms with Crippen molar-refractivity contribution in [1.82, 2.24) is 4.90 Å². The summed E-state index contributed by atoms with van der Waals surface area (Å²) in [6.45, 7) is 1.96. The van der Waals surface area contributed by atoms with Gasteiger partial charge in [0.05, 0.1) is 16.3 Å². The number of amides is 1. The summed E-state index contributed by atoms with van der Waals surface area (Å²) in [5.74, 6) is -0.0638. The van der Waals surface area contributed by atoms with Gasteiger partial charge in [-0.25, -0.2) is 0 Å². The Morgan fingerprint density at radius 2 is 1.52 bits per heavy atom. The standard InChI is InChI=1S/C18H18N4O5/c23-18(13-14-5-7-15(8-6-14)21(24)25)20-11-9-19(10-12-20)16-3-1-2-4-17(16)22(26)27/h1-8H,9-13H2. The van der Waals surface area contributed by atoms with Crippen LogP contribution >= 0.6 is 0 Å². The molecule has 1 aliphatic rings. The first-order valence-electron chi connectivity index (χ1n) is 8.45. The molecule has 0 spiro atoms. The van der Waals surface area contributed by atoms with Gasteiger partial charge in [0, 0.05) is 44.4 Å². The molecule has 0 unspecified atom stereocenters. The van der Waals surface area contributed by atoms with Gasteiger partial charge in [0.25, 0.3) is 11.4 Å². The molecule has 1 fully saturated rings. The fraction of sp³-hybridized carbons (Fsp3) is 0.278. The topological polar surface area (TPSA) is 110 Å². The summed E-state index contributed by atoms with van der Waals surface area (Å²) in [7, 11) is 0. The molecule has 0 saturated carbocycles. The van der Waals surface area contributed by atoms with E-state index in [4.69, 9.17) is 0 Å². The first-order valence-corrected chi connectivity index (χ1v) is 8.45. The highest BCUT2D eigenvalue weighted by Crippen LogP contribution is 2.28. The molecule has 9 nitrogen and oxygen atoms in total. The first kappa shape index (κ1) is 18.3. The van der Waals surface area contributed by atoms with Crippen molar-refractivity contribution in [3.8, 4) is 0 Å². The number of nitrogens with zero attached hydrogens (tertiary/aromatic N) is 4. The van der Waals surface area contributed by atoms with Crippen molar-refractivity contribution >= 4 is 23.0 Å². The molecule has 0 atom stereocenters. The highest BCUT2D eigenvalue weighted by atomic mass is 16.6. The van der Waals surface area contributed by atoms with Crippen LogP contribution in [0.1, 0.15) is 5.56 Å². The Morgan fingerprint density at radius 1 is 0.889 bits per heavy atom. The van der Waals surface area contributed by atoms with E-state index in [2.05, 4.69) is 0 Å². The lowest BCUT2D eigenvalue weighted by atomic mass is 10.1. The summed E-state index contributed by atoms with van der Waals surface area (Å²) in [5.41, 5.74) is 1.32. The van der Waals surface area contributed by atoms with E-state index in [0.717, 1.165) is 0 Å². The first-order chi connectivity index (χ1) is 13.0. The van der Waals surface area contributed by atoms with Gasteiger partial charge in [0.1, 0.15) is 5.69 Å². The molecule has 0 radical (unpaired) electrons. The Morgan fingerprint density at radius 3 is 2.11 bits per heavy atom. The summed E-state index contributed by atoms with van der Waals surface area (Å²) in [5, 5.41) is 21.9. The molecule has 0 aromatic heterocycles. The number of anilines is 1. The van der Waals surface area contributed by atoms with Crippen LogP contribution in [-0.4, -0.2) is 46.8 Å². The average molecular weight is 370 g/mol. The van der Waals surface area contributed by atoms with Gasteiger partial charge in [-0.15, -0.1) is 0 Å². The number of hydrogen-bond donors (Lipinski definition) is 0. The maximum atomic E-state index is 12.5. The Labute approximate surface area is 155 Å². The van der Waals surface area contributed by atoms with Crippen molar-refractivity contribution in [2.24, 2.45) is 0 Å². The zero-order chi connectivity index (χ0) is 19.4. The van der Waals surface area contributed by atoms with Crippen LogP contribution in [0.5, 0.6) is 0 Å². The molecular weight excluding hydrogens is 352 g/mol. The Kier molecular flexibility index (Phi) is 5.30. The van der Waals surface area contributed by atoms with E-state index in [9.17, 15) is 25.0 Å². The Hall–Kier alpha value is -3.49. The number of piperazine rings is 1. The van der Waals surface area contributed by atoms with Gasteiger partial charge in [-0.3, -0.25) is 25.0 Å². The van der Waals surface area contributed by atoms with Crippen LogP contribution in [-0.2, 0) is 11.2 Å². The van der Waals surface area contributed by atoms with Gasteiger partial charge < -0.3 is 9.80 Å². The largest absolute Gasteiger partial charge is 0.362 e. The van der Waals surface area contributed by atoms with E-state index in [0.29, 0.717) is 37.4 Å². The molecule has 9 heteroatoms. The predicted molar refractivity (Wildman–Crippen MR) is 98.7 cm³/mol. The minimum atomic E-state index is -0.479. The Balaban J connectivity index is 1.60. The quantitative estimate of drug-likeness (QED) is 0.590. The summed E-state index contributed by atoms with van der Waals surface area (Å²) in [6, 6.07) is 12.5. The van der Waals surface area contributed by atoms with Crippen molar-refractivity contribution in [2.45, 2.75) is 6.42 Å². The van der Waals surface area contributed by atoms with Gasteiger partial charge in [-0.05, 0) is 11.6 Å². The molecule has 1 heterocycles. The van der Waals surface area contributed by atoms with Gasteiger partial charge in [0.2, 0.25) is 5.91 Å². The van der Waals surface area contributed by atoms with Crippen molar-refractivity contribution in [3.05, 3.63) is 74.3 Å². The van der Waals surface area contributed by atoms with Gasteiger partial charge in [-0.2, -0.15) is 0 Å². The van der Waals surface area contributed by atoms with E-state index in [1.54, 1.807) is 35.2 Å². The van der Waals surface area contributed by atoms with Crippen LogP contribution in [0.4, 0.5) is 17.1 Å². The number of nitro groups is 2. The molecule has 0 bridgehead atoms. The van der Waals surface area contributed by atoms with E-state index < -0.39 is 9.85 Å². The van der Waals surface area contributed by atoms with Crippen molar-refractivity contribution < 1.29 is 14.6 Å².